The lowest BCUT2D eigenvalue weighted by molar-refractivity contribution is -0.442. The summed E-state index contributed by atoms with van der Waals surface area (Å²) >= 11 is 0. The first-order chi connectivity index (χ1) is 13.0. The van der Waals surface area contributed by atoms with Gasteiger partial charge in [-0.2, -0.15) is 43.5 Å². The molecule has 0 saturated carbocycles. The van der Waals surface area contributed by atoms with Crippen molar-refractivity contribution in [1.29, 1.82) is 0 Å². The van der Waals surface area contributed by atoms with Crippen LogP contribution in [-0.4, -0.2) is 44.1 Å². The van der Waals surface area contributed by atoms with Crippen LogP contribution in [0.3, 0.4) is 0 Å². The summed E-state index contributed by atoms with van der Waals surface area (Å²) in [5.41, 5.74) is 0. The number of halogens is 12. The van der Waals surface area contributed by atoms with Gasteiger partial charge in [0.2, 0.25) is 0 Å². The van der Waals surface area contributed by atoms with E-state index in [-0.39, 0.29) is 0 Å². The molecule has 1 N–H and O–H groups in total. The van der Waals surface area contributed by atoms with Crippen LogP contribution in [0.2, 0.25) is 0 Å². The Kier molecular flexibility index (Phi) is 6.23. The summed E-state index contributed by atoms with van der Waals surface area (Å²) in [5.74, 6) is -12.0. The third-order valence-electron chi connectivity index (χ3n) is 2.94. The van der Waals surface area contributed by atoms with Gasteiger partial charge in [0.1, 0.15) is 0 Å². The summed E-state index contributed by atoms with van der Waals surface area (Å²) in [6, 6.07) is -0.767. The van der Waals surface area contributed by atoms with Crippen LogP contribution in [0.4, 0.5) is 52.7 Å². The van der Waals surface area contributed by atoms with E-state index < -0.39 is 76.9 Å². The molecule has 0 aliphatic heterocycles. The number of hydrogen-bond donors (Lipinski definition) is 1. The molecule has 0 radical (unpaired) electrons. The second kappa shape index (κ2) is 7.12. The lowest BCUT2D eigenvalue weighted by atomic mass is 10.3. The zero-order valence-electron chi connectivity index (χ0n) is 12.9. The fourth-order valence-corrected chi connectivity index (χ4v) is 3.12. The van der Waals surface area contributed by atoms with Gasteiger partial charge >= 0.3 is 32.8 Å². The maximum atomic E-state index is 13.7. The summed E-state index contributed by atoms with van der Waals surface area (Å²) in [4.78, 5) is -3.46. The zero-order chi connectivity index (χ0) is 24.3. The molecule has 0 heterocycles. The standard InChI is InChI=1S/C10H2F12O6S2/c11-2-1-3(12)5(14)6(4(2)13)29(23,24)9(19,20)7(15,16)28-8(17,18)10(21,22)30(25,26)27/h1H,(H,25,26,27). The van der Waals surface area contributed by atoms with E-state index >= 15 is 0 Å². The average molecular weight is 510 g/mol. The quantitative estimate of drug-likeness (QED) is 0.344. The molecule has 0 fully saturated rings. The number of ether oxygens (including phenoxy) is 1. The van der Waals surface area contributed by atoms with E-state index in [1.807, 2.05) is 0 Å². The van der Waals surface area contributed by atoms with Crippen LogP contribution >= 0.6 is 0 Å². The molecular formula is C10H2F12O6S2. The summed E-state index contributed by atoms with van der Waals surface area (Å²) in [6.07, 6.45) is -14.7. The monoisotopic (exact) mass is 510 g/mol. The molecule has 1 aromatic carbocycles. The van der Waals surface area contributed by atoms with Crippen molar-refractivity contribution in [3.63, 3.8) is 0 Å². The Balaban J connectivity index is 3.68. The van der Waals surface area contributed by atoms with Crippen molar-refractivity contribution >= 4 is 20.0 Å². The van der Waals surface area contributed by atoms with E-state index in [1.54, 1.807) is 4.74 Å². The molecule has 174 valence electrons. The minimum absolute atomic E-state index is 0.767. The minimum atomic E-state index is -7.78. The number of alkyl halides is 8. The van der Waals surface area contributed by atoms with Gasteiger partial charge in [-0.3, -0.25) is 4.55 Å². The van der Waals surface area contributed by atoms with Crippen molar-refractivity contribution in [2.24, 2.45) is 0 Å². The van der Waals surface area contributed by atoms with Crippen LogP contribution in [0, 0.1) is 23.3 Å². The van der Waals surface area contributed by atoms with Gasteiger partial charge in [0.25, 0.3) is 9.84 Å². The SMILES string of the molecule is O=S(=O)(O)C(F)(F)C(F)(F)OC(F)(F)C(F)(F)S(=O)(=O)c1c(F)c(F)cc(F)c1F. The van der Waals surface area contributed by atoms with Gasteiger partial charge in [0.15, 0.2) is 28.2 Å². The van der Waals surface area contributed by atoms with E-state index in [9.17, 15) is 69.5 Å². The lowest BCUT2D eigenvalue weighted by Crippen LogP contribution is -2.57. The maximum absolute atomic E-state index is 13.7. The summed E-state index contributed by atoms with van der Waals surface area (Å²) in [7, 11) is -15.1. The molecule has 6 nitrogen and oxygen atoms in total. The predicted molar refractivity (Wildman–Crippen MR) is 65.9 cm³/mol. The van der Waals surface area contributed by atoms with Crippen LogP contribution in [0.1, 0.15) is 0 Å². The second-order valence-electron chi connectivity index (χ2n) is 4.94. The molecule has 0 saturated heterocycles. The molecular weight excluding hydrogens is 508 g/mol. The van der Waals surface area contributed by atoms with E-state index in [0.717, 1.165) is 0 Å². The van der Waals surface area contributed by atoms with Crippen molar-refractivity contribution in [2.45, 2.75) is 27.6 Å². The van der Waals surface area contributed by atoms with E-state index in [2.05, 4.69) is 0 Å². The van der Waals surface area contributed by atoms with Gasteiger partial charge in [0, 0.05) is 6.07 Å². The second-order valence-corrected chi connectivity index (χ2v) is 8.34. The summed E-state index contributed by atoms with van der Waals surface area (Å²) < 4.78 is 211. The molecule has 1 rings (SSSR count). The zero-order valence-corrected chi connectivity index (χ0v) is 14.6. The maximum Gasteiger partial charge on any atom is 0.460 e. The molecule has 20 heteroatoms. The predicted octanol–water partition coefficient (Wildman–Crippen LogP) is 3.29. The van der Waals surface area contributed by atoms with Crippen molar-refractivity contribution in [1.82, 2.24) is 0 Å². The van der Waals surface area contributed by atoms with Gasteiger partial charge in [0.05, 0.1) is 0 Å². The third kappa shape index (κ3) is 3.80. The van der Waals surface area contributed by atoms with Crippen molar-refractivity contribution in [3.8, 4) is 0 Å². The van der Waals surface area contributed by atoms with Crippen LogP contribution in [0.25, 0.3) is 0 Å². The Labute approximate surface area is 156 Å². The highest BCUT2D eigenvalue weighted by Crippen LogP contribution is 2.50. The lowest BCUT2D eigenvalue weighted by Gasteiger charge is -2.31. The molecule has 0 aliphatic carbocycles. The van der Waals surface area contributed by atoms with Gasteiger partial charge in [-0.15, -0.1) is 0 Å². The average Bonchev–Trinajstić information content (AvgIpc) is 2.50. The topological polar surface area (TPSA) is 97.7 Å². The fourth-order valence-electron chi connectivity index (χ4n) is 1.50. The van der Waals surface area contributed by atoms with Gasteiger partial charge < -0.3 is 0 Å². The highest BCUT2D eigenvalue weighted by Gasteiger charge is 2.77. The van der Waals surface area contributed by atoms with Crippen LogP contribution in [-0.2, 0) is 24.7 Å². The van der Waals surface area contributed by atoms with Crippen LogP contribution in [0.15, 0.2) is 11.0 Å². The van der Waals surface area contributed by atoms with E-state index in [4.69, 9.17) is 4.55 Å². The Morgan fingerprint density at radius 2 is 1.03 bits per heavy atom. The van der Waals surface area contributed by atoms with Gasteiger partial charge in [-0.25, -0.2) is 30.7 Å². The van der Waals surface area contributed by atoms with Gasteiger partial charge in [-0.05, 0) is 0 Å². The molecule has 0 spiro atoms. The summed E-state index contributed by atoms with van der Waals surface area (Å²) in [6.45, 7) is 0. The number of rotatable bonds is 7. The Hall–Kier alpha value is -1.80. The van der Waals surface area contributed by atoms with Crippen LogP contribution in [0.5, 0.6) is 0 Å². The number of hydrogen-bond acceptors (Lipinski definition) is 5. The molecule has 0 aromatic heterocycles. The third-order valence-corrected chi connectivity index (χ3v) is 5.63. The largest absolute Gasteiger partial charge is 0.460 e. The molecule has 0 aliphatic rings. The normalized spacial score (nSPS) is 14.8. The Morgan fingerprint density at radius 1 is 0.700 bits per heavy atom. The smallest absolute Gasteiger partial charge is 0.281 e. The van der Waals surface area contributed by atoms with Crippen molar-refractivity contribution in [3.05, 3.63) is 29.3 Å². The molecule has 30 heavy (non-hydrogen) atoms. The summed E-state index contributed by atoms with van der Waals surface area (Å²) in [5, 5.41) is -14.5. The Morgan fingerprint density at radius 3 is 1.37 bits per heavy atom. The van der Waals surface area contributed by atoms with Gasteiger partial charge in [-0.1, -0.05) is 0 Å². The van der Waals surface area contributed by atoms with Crippen molar-refractivity contribution < 1.29 is 78.8 Å². The van der Waals surface area contributed by atoms with E-state index in [1.165, 1.54) is 0 Å². The first-order valence-corrected chi connectivity index (χ1v) is 9.14. The minimum Gasteiger partial charge on any atom is -0.281 e. The molecule has 0 atom stereocenters. The number of sulfone groups is 1. The number of benzene rings is 1. The fraction of sp³-hybridized carbons (Fsp3) is 0.400. The highest BCUT2D eigenvalue weighted by atomic mass is 32.2. The highest BCUT2D eigenvalue weighted by molar-refractivity contribution is 7.92. The van der Waals surface area contributed by atoms with Crippen LogP contribution < -0.4 is 0 Å². The molecule has 0 amide bonds. The van der Waals surface area contributed by atoms with E-state index in [0.29, 0.717) is 0 Å². The Bertz CT molecular complexity index is 1040. The first-order valence-electron chi connectivity index (χ1n) is 6.21. The first kappa shape index (κ1) is 26.2. The molecule has 1 aromatic rings. The van der Waals surface area contributed by atoms with Crippen molar-refractivity contribution in [2.75, 3.05) is 0 Å². The molecule has 0 unspecified atom stereocenters. The molecule has 0 bridgehead atoms.